The smallest absolute Gasteiger partial charge is 0.245 e. The Hall–Kier alpha value is -2.16. The van der Waals surface area contributed by atoms with Gasteiger partial charge in [0.2, 0.25) is 5.91 Å². The summed E-state index contributed by atoms with van der Waals surface area (Å²) in [6, 6.07) is 6.04. The van der Waals surface area contributed by atoms with Crippen molar-refractivity contribution in [3.8, 4) is 0 Å². The number of hydrogen-bond acceptors (Lipinski definition) is 2. The van der Waals surface area contributed by atoms with Gasteiger partial charge in [0.25, 0.3) is 0 Å². The molecule has 16 heavy (non-hydrogen) atoms. The first kappa shape index (κ1) is 9.09. The fraction of sp³-hybridized carbons (Fsp3) is 0.0769. The van der Waals surface area contributed by atoms with Crippen LogP contribution < -0.4 is 16.2 Å². The van der Waals surface area contributed by atoms with Crippen molar-refractivity contribution in [2.75, 3.05) is 0 Å². The molecule has 0 fully saturated rings. The van der Waals surface area contributed by atoms with Crippen molar-refractivity contribution in [2.24, 2.45) is 10.7 Å². The third-order valence-electron chi connectivity index (χ3n) is 2.92. The highest BCUT2D eigenvalue weighted by molar-refractivity contribution is 5.97. The van der Waals surface area contributed by atoms with Gasteiger partial charge in [0.1, 0.15) is 0 Å². The number of rotatable bonds is 1. The Morgan fingerprint density at radius 3 is 3.00 bits per heavy atom. The monoisotopic (exact) mass is 210 g/mol. The van der Waals surface area contributed by atoms with Gasteiger partial charge < -0.3 is 5.73 Å². The molecule has 3 heteroatoms. The lowest BCUT2D eigenvalue weighted by molar-refractivity contribution is -0.114. The second-order valence-electron chi connectivity index (χ2n) is 3.92. The summed E-state index contributed by atoms with van der Waals surface area (Å²) in [5, 5.41) is 2.23. The van der Waals surface area contributed by atoms with E-state index in [9.17, 15) is 4.79 Å². The number of allylic oxidation sites excluding steroid dienone is 1. The molecule has 1 amide bonds. The zero-order chi connectivity index (χ0) is 11.1. The van der Waals surface area contributed by atoms with Crippen LogP contribution in [0, 0.1) is 0 Å². The van der Waals surface area contributed by atoms with Crippen molar-refractivity contribution in [3.05, 3.63) is 45.8 Å². The SMILES string of the molecule is NC(=O)C1=CC=c2cccc3c2=C(C1)N=C3. The second kappa shape index (κ2) is 3.17. The third-order valence-corrected chi connectivity index (χ3v) is 2.92. The van der Waals surface area contributed by atoms with Crippen LogP contribution in [0.4, 0.5) is 0 Å². The van der Waals surface area contributed by atoms with Crippen LogP contribution in [0.2, 0.25) is 0 Å². The highest BCUT2D eigenvalue weighted by Gasteiger charge is 2.14. The van der Waals surface area contributed by atoms with Gasteiger partial charge in [-0.25, -0.2) is 0 Å². The first-order valence-corrected chi connectivity index (χ1v) is 5.13. The molecule has 1 aromatic carbocycles. The Bertz CT molecular complexity index is 666. The Morgan fingerprint density at radius 2 is 2.19 bits per heavy atom. The maximum absolute atomic E-state index is 11.2. The molecule has 0 bridgehead atoms. The van der Waals surface area contributed by atoms with Crippen LogP contribution >= 0.6 is 0 Å². The average Bonchev–Trinajstić information content (AvgIpc) is 2.56. The average molecular weight is 210 g/mol. The molecular weight excluding hydrogens is 200 g/mol. The van der Waals surface area contributed by atoms with E-state index in [4.69, 9.17) is 5.73 Å². The summed E-state index contributed by atoms with van der Waals surface area (Å²) in [6.45, 7) is 0. The molecule has 1 heterocycles. The molecule has 1 aliphatic carbocycles. The highest BCUT2D eigenvalue weighted by atomic mass is 16.1. The number of hydrogen-bond donors (Lipinski definition) is 1. The van der Waals surface area contributed by atoms with Crippen LogP contribution in [-0.4, -0.2) is 12.1 Å². The molecule has 0 saturated carbocycles. The van der Waals surface area contributed by atoms with Gasteiger partial charge in [-0.15, -0.1) is 0 Å². The molecule has 0 aromatic heterocycles. The van der Waals surface area contributed by atoms with Gasteiger partial charge >= 0.3 is 0 Å². The minimum atomic E-state index is -0.375. The summed E-state index contributed by atoms with van der Waals surface area (Å²) in [7, 11) is 0. The van der Waals surface area contributed by atoms with Crippen molar-refractivity contribution in [1.29, 1.82) is 0 Å². The summed E-state index contributed by atoms with van der Waals surface area (Å²) in [6.07, 6.45) is 6.08. The molecule has 2 aliphatic rings. The molecule has 2 N–H and O–H groups in total. The lowest BCUT2D eigenvalue weighted by Gasteiger charge is -1.99. The summed E-state index contributed by atoms with van der Waals surface area (Å²) in [4.78, 5) is 15.6. The van der Waals surface area contributed by atoms with Crippen molar-refractivity contribution >= 4 is 23.9 Å². The fourth-order valence-electron chi connectivity index (χ4n) is 2.11. The quantitative estimate of drug-likeness (QED) is 0.687. The van der Waals surface area contributed by atoms with Crippen LogP contribution in [-0.2, 0) is 4.79 Å². The Morgan fingerprint density at radius 1 is 1.31 bits per heavy atom. The van der Waals surface area contributed by atoms with E-state index in [1.54, 1.807) is 6.08 Å². The summed E-state index contributed by atoms with van der Waals surface area (Å²) >= 11 is 0. The summed E-state index contributed by atoms with van der Waals surface area (Å²) < 4.78 is 0. The maximum Gasteiger partial charge on any atom is 0.245 e. The number of nitrogens with two attached hydrogens (primary N) is 1. The van der Waals surface area contributed by atoms with Gasteiger partial charge in [0, 0.05) is 29.0 Å². The molecule has 3 nitrogen and oxygen atoms in total. The van der Waals surface area contributed by atoms with E-state index in [1.165, 1.54) is 0 Å². The number of carbonyl (C=O) groups excluding carboxylic acids is 1. The topological polar surface area (TPSA) is 55.5 Å². The van der Waals surface area contributed by atoms with E-state index in [2.05, 4.69) is 4.99 Å². The second-order valence-corrected chi connectivity index (χ2v) is 3.92. The van der Waals surface area contributed by atoms with Crippen molar-refractivity contribution in [1.82, 2.24) is 0 Å². The predicted molar refractivity (Wildman–Crippen MR) is 63.1 cm³/mol. The molecule has 0 radical (unpaired) electrons. The lowest BCUT2D eigenvalue weighted by Crippen LogP contribution is -2.27. The van der Waals surface area contributed by atoms with Crippen LogP contribution in [0.5, 0.6) is 0 Å². The molecule has 1 aliphatic heterocycles. The normalized spacial score (nSPS) is 16.2. The number of aliphatic imine (C=N–C) groups is 1. The fourth-order valence-corrected chi connectivity index (χ4v) is 2.11. The van der Waals surface area contributed by atoms with E-state index in [-0.39, 0.29) is 5.91 Å². The molecule has 0 unspecified atom stereocenters. The predicted octanol–water partition coefficient (Wildman–Crippen LogP) is -0.177. The summed E-state index contributed by atoms with van der Waals surface area (Å²) in [5.74, 6) is -0.375. The van der Waals surface area contributed by atoms with Crippen molar-refractivity contribution in [2.45, 2.75) is 6.42 Å². The molecular formula is C13H10N2O. The Kier molecular flexibility index (Phi) is 1.80. The van der Waals surface area contributed by atoms with Crippen molar-refractivity contribution in [3.63, 3.8) is 0 Å². The first-order chi connectivity index (χ1) is 7.75. The number of amides is 1. The Labute approximate surface area is 92.3 Å². The van der Waals surface area contributed by atoms with E-state index in [0.717, 1.165) is 21.7 Å². The lowest BCUT2D eigenvalue weighted by atomic mass is 10.1. The van der Waals surface area contributed by atoms with Crippen LogP contribution in [0.3, 0.4) is 0 Å². The van der Waals surface area contributed by atoms with Crippen LogP contribution in [0.25, 0.3) is 11.8 Å². The number of benzene rings is 1. The van der Waals surface area contributed by atoms with Gasteiger partial charge in [-0.05, 0) is 5.22 Å². The minimum absolute atomic E-state index is 0.375. The standard InChI is InChI=1S/C13H10N2O/c14-13(16)9-5-4-8-2-1-3-10-7-15-11(6-9)12(8)10/h1-5,7H,6H2,(H2,14,16). The van der Waals surface area contributed by atoms with Gasteiger partial charge in [-0.1, -0.05) is 30.4 Å². The van der Waals surface area contributed by atoms with E-state index < -0.39 is 0 Å². The zero-order valence-corrected chi connectivity index (χ0v) is 8.60. The maximum atomic E-state index is 11.2. The highest BCUT2D eigenvalue weighted by Crippen LogP contribution is 2.16. The number of primary amides is 1. The first-order valence-electron chi connectivity index (χ1n) is 5.13. The molecule has 0 saturated heterocycles. The van der Waals surface area contributed by atoms with Crippen LogP contribution in [0.1, 0.15) is 12.0 Å². The van der Waals surface area contributed by atoms with Crippen molar-refractivity contribution < 1.29 is 4.79 Å². The van der Waals surface area contributed by atoms with Gasteiger partial charge in [-0.2, -0.15) is 0 Å². The van der Waals surface area contributed by atoms with Gasteiger partial charge in [0.15, 0.2) is 0 Å². The number of nitrogens with zero attached hydrogens (tertiary/aromatic N) is 1. The van der Waals surface area contributed by atoms with Crippen LogP contribution in [0.15, 0.2) is 34.8 Å². The summed E-state index contributed by atoms with van der Waals surface area (Å²) in [5.41, 5.74) is 7.97. The van der Waals surface area contributed by atoms with E-state index in [0.29, 0.717) is 12.0 Å². The zero-order valence-electron chi connectivity index (χ0n) is 8.60. The molecule has 78 valence electrons. The van der Waals surface area contributed by atoms with Gasteiger partial charge in [0.05, 0.1) is 5.70 Å². The third kappa shape index (κ3) is 1.21. The number of carbonyl (C=O) groups is 1. The molecule has 1 aromatic rings. The van der Waals surface area contributed by atoms with E-state index in [1.807, 2.05) is 30.5 Å². The largest absolute Gasteiger partial charge is 0.366 e. The van der Waals surface area contributed by atoms with Gasteiger partial charge in [-0.3, -0.25) is 9.79 Å². The molecule has 0 spiro atoms. The Balaban J connectivity index is 2.33. The minimum Gasteiger partial charge on any atom is -0.366 e. The molecule has 3 rings (SSSR count). The van der Waals surface area contributed by atoms with E-state index >= 15 is 0 Å². The molecule has 0 atom stereocenters.